The highest BCUT2D eigenvalue weighted by molar-refractivity contribution is 6.31. The molecule has 0 bridgehead atoms. The van der Waals surface area contributed by atoms with Gasteiger partial charge < -0.3 is 8.97 Å². The van der Waals surface area contributed by atoms with Gasteiger partial charge in [0, 0.05) is 52.1 Å². The van der Waals surface area contributed by atoms with Crippen LogP contribution in [0.1, 0.15) is 18.2 Å². The molecular weight excluding hydrogens is 404 g/mol. The van der Waals surface area contributed by atoms with E-state index in [2.05, 4.69) is 92.6 Å². The lowest BCUT2D eigenvalue weighted by atomic mass is 10.0. The largest absolute Gasteiger partial charge is 0.309 e. The Bertz CT molecular complexity index is 1850. The highest BCUT2D eigenvalue weighted by Gasteiger charge is 2.25. The van der Waals surface area contributed by atoms with E-state index in [1.54, 1.807) is 0 Å². The van der Waals surface area contributed by atoms with Gasteiger partial charge in [0.1, 0.15) is 0 Å². The van der Waals surface area contributed by atoms with E-state index in [0.29, 0.717) is 0 Å². The quantitative estimate of drug-likeness (QED) is 0.287. The van der Waals surface area contributed by atoms with Gasteiger partial charge in [-0.2, -0.15) is 0 Å². The van der Waals surface area contributed by atoms with Crippen molar-refractivity contribution < 1.29 is 0 Å². The number of fused-ring (bicyclic) bond motifs is 7. The number of benzene rings is 3. The average molecular weight is 427 g/mol. The number of hydrogen-bond acceptors (Lipinski definition) is 2. The first-order valence-electron chi connectivity index (χ1n) is 11.4. The molecule has 0 radical (unpaired) electrons. The second-order valence-corrected chi connectivity index (χ2v) is 8.56. The first-order chi connectivity index (χ1) is 16.3. The van der Waals surface area contributed by atoms with Crippen LogP contribution in [0.15, 0.2) is 84.1 Å². The lowest BCUT2D eigenvalue weighted by Gasteiger charge is -2.09. The average Bonchev–Trinajstić information content (AvgIpc) is 3.48. The Morgan fingerprint density at radius 1 is 0.848 bits per heavy atom. The van der Waals surface area contributed by atoms with Crippen molar-refractivity contribution in [2.45, 2.75) is 13.3 Å². The van der Waals surface area contributed by atoms with E-state index in [-0.39, 0.29) is 0 Å². The second kappa shape index (κ2) is 6.66. The van der Waals surface area contributed by atoms with E-state index in [0.717, 1.165) is 17.6 Å². The molecule has 0 unspecified atom stereocenters. The van der Waals surface area contributed by atoms with Gasteiger partial charge in [-0.3, -0.25) is 9.98 Å². The molecule has 4 aromatic heterocycles. The minimum Gasteiger partial charge on any atom is -0.309 e. The van der Waals surface area contributed by atoms with Gasteiger partial charge >= 0.3 is 0 Å². The summed E-state index contributed by atoms with van der Waals surface area (Å²) in [5, 5.41) is 6.38. The summed E-state index contributed by atoms with van der Waals surface area (Å²) in [6.45, 7) is 2.23. The smallest absolute Gasteiger partial charge is 0.0726 e. The van der Waals surface area contributed by atoms with Crippen LogP contribution in [0.3, 0.4) is 0 Å². The zero-order chi connectivity index (χ0) is 22.1. The van der Waals surface area contributed by atoms with Gasteiger partial charge in [0.05, 0.1) is 34.0 Å². The molecule has 0 saturated heterocycles. The summed E-state index contributed by atoms with van der Waals surface area (Å²) < 4.78 is 4.79. The molecule has 7 rings (SSSR count). The van der Waals surface area contributed by atoms with E-state index in [1.165, 1.54) is 54.7 Å². The summed E-state index contributed by atoms with van der Waals surface area (Å²) in [5.74, 6) is 0. The van der Waals surface area contributed by atoms with Gasteiger partial charge in [-0.25, -0.2) is 0 Å². The molecule has 4 heterocycles. The maximum Gasteiger partial charge on any atom is 0.0726 e. The van der Waals surface area contributed by atoms with E-state index in [4.69, 9.17) is 0 Å². The first-order valence-corrected chi connectivity index (χ1v) is 11.4. The molecule has 0 aliphatic rings. The normalized spacial score (nSPS) is 12.5. The number of aliphatic imine (C=N–C) groups is 1. The molecule has 7 aromatic rings. The van der Waals surface area contributed by atoms with Gasteiger partial charge in [-0.1, -0.05) is 43.3 Å². The summed E-state index contributed by atoms with van der Waals surface area (Å²) in [4.78, 5) is 8.91. The van der Waals surface area contributed by atoms with Gasteiger partial charge in [0.15, 0.2) is 0 Å². The molecule has 0 amide bonds. The van der Waals surface area contributed by atoms with Crippen molar-refractivity contribution in [3.63, 3.8) is 0 Å². The van der Waals surface area contributed by atoms with Gasteiger partial charge in [-0.15, -0.1) is 0 Å². The van der Waals surface area contributed by atoms with Crippen molar-refractivity contribution in [1.29, 1.82) is 0 Å². The summed E-state index contributed by atoms with van der Waals surface area (Å²) in [7, 11) is 1.85. The van der Waals surface area contributed by atoms with E-state index >= 15 is 0 Å². The molecule has 158 valence electrons. The van der Waals surface area contributed by atoms with E-state index in [1.807, 2.05) is 25.7 Å². The molecule has 0 N–H and O–H groups in total. The standard InChI is InChI=1S/C29H22N4/c1-3-19-22-15-23-20-11-7-8-12-24(20)32(18-9-5-4-6-10-18)28(23)27-21-13-14-31-17-26(21)33(29(22)27)25(19)16-30-2/h4-17H,3H2,1-2H3. The van der Waals surface area contributed by atoms with Crippen LogP contribution in [0.5, 0.6) is 0 Å². The predicted molar refractivity (Wildman–Crippen MR) is 139 cm³/mol. The van der Waals surface area contributed by atoms with E-state index in [9.17, 15) is 0 Å². The van der Waals surface area contributed by atoms with Crippen LogP contribution in [0.2, 0.25) is 0 Å². The predicted octanol–water partition coefficient (Wildman–Crippen LogP) is 6.79. The van der Waals surface area contributed by atoms with Gasteiger partial charge in [-0.05, 0) is 42.3 Å². The number of aromatic nitrogens is 3. The molecule has 0 fully saturated rings. The highest BCUT2D eigenvalue weighted by atomic mass is 15.0. The fourth-order valence-corrected chi connectivity index (χ4v) is 5.73. The maximum absolute atomic E-state index is 4.49. The topological polar surface area (TPSA) is 34.6 Å². The van der Waals surface area contributed by atoms with Crippen molar-refractivity contribution in [2.24, 2.45) is 4.99 Å². The zero-order valence-electron chi connectivity index (χ0n) is 18.6. The summed E-state index contributed by atoms with van der Waals surface area (Å²) in [6.07, 6.45) is 6.84. The fraction of sp³-hybridized carbons (Fsp3) is 0.103. The number of hydrogen-bond donors (Lipinski definition) is 0. The number of para-hydroxylation sites is 2. The Balaban J connectivity index is 1.86. The molecule has 0 aliphatic carbocycles. The number of aryl methyl sites for hydroxylation is 1. The van der Waals surface area contributed by atoms with Crippen LogP contribution < -0.4 is 0 Å². The van der Waals surface area contributed by atoms with Crippen LogP contribution in [0.4, 0.5) is 0 Å². The third kappa shape index (κ3) is 2.25. The Kier molecular flexibility index (Phi) is 3.71. The minimum absolute atomic E-state index is 0.947. The van der Waals surface area contributed by atoms with Crippen LogP contribution >= 0.6 is 0 Å². The third-order valence-electron chi connectivity index (χ3n) is 6.96. The summed E-state index contributed by atoms with van der Waals surface area (Å²) in [6, 6.07) is 24.0. The van der Waals surface area contributed by atoms with Crippen molar-refractivity contribution in [3.05, 3.63) is 90.4 Å². The Labute approximate surface area is 190 Å². The van der Waals surface area contributed by atoms with Crippen molar-refractivity contribution in [2.75, 3.05) is 7.05 Å². The summed E-state index contributed by atoms with van der Waals surface area (Å²) >= 11 is 0. The number of pyridine rings is 1. The van der Waals surface area contributed by atoms with Crippen molar-refractivity contribution in [3.8, 4) is 5.69 Å². The number of rotatable bonds is 3. The molecular formula is C29H22N4. The minimum atomic E-state index is 0.947. The van der Waals surface area contributed by atoms with Crippen LogP contribution in [-0.4, -0.2) is 27.2 Å². The molecule has 4 heteroatoms. The number of nitrogens with zero attached hydrogens (tertiary/aromatic N) is 4. The lowest BCUT2D eigenvalue weighted by Crippen LogP contribution is -1.94. The zero-order valence-corrected chi connectivity index (χ0v) is 18.6. The first kappa shape index (κ1) is 18.4. The molecule has 0 atom stereocenters. The molecule has 4 nitrogen and oxygen atoms in total. The lowest BCUT2D eigenvalue weighted by molar-refractivity contribution is 1.12. The monoisotopic (exact) mass is 426 g/mol. The van der Waals surface area contributed by atoms with E-state index < -0.39 is 0 Å². The van der Waals surface area contributed by atoms with Gasteiger partial charge in [0.2, 0.25) is 0 Å². The second-order valence-electron chi connectivity index (χ2n) is 8.56. The molecule has 0 spiro atoms. The Hall–Kier alpha value is -4.18. The van der Waals surface area contributed by atoms with Crippen LogP contribution in [0, 0.1) is 0 Å². The van der Waals surface area contributed by atoms with Crippen molar-refractivity contribution in [1.82, 2.24) is 14.0 Å². The Morgan fingerprint density at radius 2 is 1.67 bits per heavy atom. The fourth-order valence-electron chi connectivity index (χ4n) is 5.73. The van der Waals surface area contributed by atoms with Gasteiger partial charge in [0.25, 0.3) is 0 Å². The van der Waals surface area contributed by atoms with Crippen molar-refractivity contribution >= 4 is 55.2 Å². The SMILES string of the molecule is CCc1c(C=NC)n2c3cnccc3c3c4c(cc1c32)c1ccccc1n4-c1ccccc1. The Morgan fingerprint density at radius 3 is 2.48 bits per heavy atom. The van der Waals surface area contributed by atoms with Crippen LogP contribution in [-0.2, 0) is 6.42 Å². The molecule has 33 heavy (non-hydrogen) atoms. The molecule has 3 aromatic carbocycles. The third-order valence-corrected chi connectivity index (χ3v) is 6.96. The molecule has 0 saturated carbocycles. The van der Waals surface area contributed by atoms with Crippen LogP contribution in [0.25, 0.3) is 54.7 Å². The summed E-state index contributed by atoms with van der Waals surface area (Å²) in [5.41, 5.74) is 8.54. The highest BCUT2D eigenvalue weighted by Crippen LogP contribution is 2.45. The maximum atomic E-state index is 4.49. The molecule has 0 aliphatic heterocycles.